The number of hydrogen-bond acceptors (Lipinski definition) is 6. The fourth-order valence-electron chi connectivity index (χ4n) is 3.17. The number of nitrogens with zero attached hydrogens (tertiary/aromatic N) is 2. The van der Waals surface area contributed by atoms with E-state index in [2.05, 4.69) is 34.3 Å². The zero-order valence-corrected chi connectivity index (χ0v) is 17.6. The number of ether oxygens (including phenoxy) is 1. The highest BCUT2D eigenvalue weighted by Crippen LogP contribution is 2.40. The van der Waals surface area contributed by atoms with Crippen molar-refractivity contribution in [3.63, 3.8) is 0 Å². The molecule has 0 radical (unpaired) electrons. The first kappa shape index (κ1) is 20.8. The van der Waals surface area contributed by atoms with Gasteiger partial charge in [-0.3, -0.25) is 0 Å². The molecule has 4 rings (SSSR count). The summed E-state index contributed by atoms with van der Waals surface area (Å²) >= 11 is 1.65. The lowest BCUT2D eigenvalue weighted by molar-refractivity contribution is 0.0526. The lowest BCUT2D eigenvalue weighted by Gasteiger charge is -2.10. The molecule has 0 bridgehead atoms. The lowest BCUT2D eigenvalue weighted by Crippen LogP contribution is -2.05. The van der Waals surface area contributed by atoms with E-state index >= 15 is 0 Å². The van der Waals surface area contributed by atoms with Gasteiger partial charge in [-0.2, -0.15) is 0 Å². The molecule has 0 amide bonds. The Balaban J connectivity index is 0.00000240. The van der Waals surface area contributed by atoms with Crippen LogP contribution < -0.4 is 5.32 Å². The monoisotopic (exact) mass is 425 g/mol. The number of anilines is 2. The van der Waals surface area contributed by atoms with Gasteiger partial charge in [0, 0.05) is 16.1 Å². The molecule has 5 nitrogen and oxygen atoms in total. The number of aromatic nitrogens is 2. The van der Waals surface area contributed by atoms with Crippen molar-refractivity contribution in [1.29, 1.82) is 0 Å². The average Bonchev–Trinajstić information content (AvgIpc) is 3.06. The maximum Gasteiger partial charge on any atom is 0.338 e. The second-order valence-electron chi connectivity index (χ2n) is 6.23. The van der Waals surface area contributed by atoms with Crippen LogP contribution in [0.25, 0.3) is 21.3 Å². The molecule has 0 aliphatic carbocycles. The number of hydrogen-bond donors (Lipinski definition) is 1. The summed E-state index contributed by atoms with van der Waals surface area (Å²) in [6.07, 6.45) is 1.56. The van der Waals surface area contributed by atoms with Crippen molar-refractivity contribution in [2.45, 2.75) is 13.8 Å². The van der Waals surface area contributed by atoms with Crippen LogP contribution in [0.2, 0.25) is 0 Å². The van der Waals surface area contributed by atoms with Gasteiger partial charge in [0.2, 0.25) is 0 Å². The summed E-state index contributed by atoms with van der Waals surface area (Å²) in [6, 6.07) is 17.5. The van der Waals surface area contributed by atoms with Gasteiger partial charge in [-0.1, -0.05) is 36.4 Å². The molecule has 4 aromatic rings. The van der Waals surface area contributed by atoms with Crippen LogP contribution in [0.4, 0.5) is 11.5 Å². The highest BCUT2D eigenvalue weighted by Gasteiger charge is 2.17. The first-order valence-corrected chi connectivity index (χ1v) is 9.82. The highest BCUT2D eigenvalue weighted by molar-refractivity contribution is 7.19. The number of benzene rings is 2. The maximum atomic E-state index is 12.0. The molecule has 2 aromatic carbocycles. The smallest absolute Gasteiger partial charge is 0.338 e. The van der Waals surface area contributed by atoms with Crippen molar-refractivity contribution in [2.75, 3.05) is 11.9 Å². The number of thiophene rings is 1. The number of halogens is 1. The largest absolute Gasteiger partial charge is 0.462 e. The zero-order chi connectivity index (χ0) is 19.5. The van der Waals surface area contributed by atoms with Gasteiger partial charge in [0.1, 0.15) is 17.0 Å². The molecule has 0 atom stereocenters. The van der Waals surface area contributed by atoms with E-state index in [-0.39, 0.29) is 18.4 Å². The van der Waals surface area contributed by atoms with Crippen LogP contribution in [-0.2, 0) is 4.74 Å². The third-order valence-corrected chi connectivity index (χ3v) is 5.38. The minimum atomic E-state index is -0.338. The lowest BCUT2D eigenvalue weighted by atomic mass is 10.0. The molecule has 0 fully saturated rings. The molecule has 0 unspecified atom stereocenters. The standard InChI is InChI=1S/C22H19N3O2S.ClH/c1-3-27-22(26)16-10-7-11-17(12-16)25-20-19-18(15-8-5-4-6-9-15)14(2)28-21(19)24-13-23-20;/h4-13H,3H2,1-2H3,(H,23,24,25);1H. The quantitative estimate of drug-likeness (QED) is 0.397. The number of fused-ring (bicyclic) bond motifs is 1. The van der Waals surface area contributed by atoms with Gasteiger partial charge in [0.15, 0.2) is 0 Å². The van der Waals surface area contributed by atoms with E-state index in [4.69, 9.17) is 4.74 Å². The van der Waals surface area contributed by atoms with Crippen molar-refractivity contribution in [2.24, 2.45) is 0 Å². The molecule has 0 saturated heterocycles. The fourth-order valence-corrected chi connectivity index (χ4v) is 4.18. The Morgan fingerprint density at radius 1 is 1.10 bits per heavy atom. The number of nitrogens with one attached hydrogen (secondary N) is 1. The van der Waals surface area contributed by atoms with E-state index in [1.54, 1.807) is 36.7 Å². The Kier molecular flexibility index (Phi) is 6.46. The molecule has 0 aliphatic rings. The van der Waals surface area contributed by atoms with Gasteiger partial charge < -0.3 is 10.1 Å². The predicted octanol–water partition coefficient (Wildman–Crippen LogP) is 6.01. The van der Waals surface area contributed by atoms with Gasteiger partial charge in [-0.05, 0) is 37.6 Å². The molecule has 0 saturated carbocycles. The summed E-state index contributed by atoms with van der Waals surface area (Å²) in [7, 11) is 0. The van der Waals surface area contributed by atoms with Crippen LogP contribution in [-0.4, -0.2) is 22.5 Å². The van der Waals surface area contributed by atoms with E-state index in [0.29, 0.717) is 18.0 Å². The second kappa shape index (κ2) is 9.03. The van der Waals surface area contributed by atoms with Crippen LogP contribution in [0.1, 0.15) is 22.2 Å². The normalized spacial score (nSPS) is 10.4. The number of esters is 1. The first-order chi connectivity index (χ1) is 13.7. The Labute approximate surface area is 179 Å². The van der Waals surface area contributed by atoms with E-state index in [0.717, 1.165) is 27.0 Å². The Morgan fingerprint density at radius 3 is 2.66 bits per heavy atom. The summed E-state index contributed by atoms with van der Waals surface area (Å²) in [6.45, 7) is 4.24. The molecule has 148 valence electrons. The van der Waals surface area contributed by atoms with Gasteiger partial charge in [0.25, 0.3) is 0 Å². The average molecular weight is 426 g/mol. The third kappa shape index (κ3) is 4.23. The van der Waals surface area contributed by atoms with Gasteiger partial charge in [-0.25, -0.2) is 14.8 Å². The van der Waals surface area contributed by atoms with E-state index in [9.17, 15) is 4.79 Å². The highest BCUT2D eigenvalue weighted by atomic mass is 35.5. The van der Waals surface area contributed by atoms with Gasteiger partial charge in [0.05, 0.1) is 17.6 Å². The number of aryl methyl sites for hydroxylation is 1. The third-order valence-electron chi connectivity index (χ3n) is 4.36. The number of carbonyl (C=O) groups excluding carboxylic acids is 1. The van der Waals surface area contributed by atoms with Crippen molar-refractivity contribution in [1.82, 2.24) is 9.97 Å². The molecule has 7 heteroatoms. The molecule has 2 aromatic heterocycles. The summed E-state index contributed by atoms with van der Waals surface area (Å²) in [5.41, 5.74) is 3.53. The molecular weight excluding hydrogens is 406 g/mol. The maximum absolute atomic E-state index is 12.0. The van der Waals surface area contributed by atoms with E-state index in [1.807, 2.05) is 30.3 Å². The van der Waals surface area contributed by atoms with Crippen LogP contribution in [0.15, 0.2) is 60.9 Å². The predicted molar refractivity (Wildman–Crippen MR) is 121 cm³/mol. The fraction of sp³-hybridized carbons (Fsp3) is 0.136. The molecule has 0 spiro atoms. The zero-order valence-electron chi connectivity index (χ0n) is 16.0. The second-order valence-corrected chi connectivity index (χ2v) is 7.43. The summed E-state index contributed by atoms with van der Waals surface area (Å²) in [4.78, 5) is 23.1. The number of rotatable bonds is 5. The molecule has 0 aliphatic heterocycles. The summed E-state index contributed by atoms with van der Waals surface area (Å²) in [5, 5.41) is 4.34. The Hall–Kier alpha value is -2.96. The first-order valence-electron chi connectivity index (χ1n) is 9.01. The van der Waals surface area contributed by atoms with Crippen molar-refractivity contribution in [3.05, 3.63) is 71.4 Å². The molecule has 1 N–H and O–H groups in total. The van der Waals surface area contributed by atoms with Crippen LogP contribution in [0, 0.1) is 6.92 Å². The van der Waals surface area contributed by atoms with Crippen molar-refractivity contribution >= 4 is 51.4 Å². The number of carbonyl (C=O) groups is 1. The SMILES string of the molecule is CCOC(=O)c1cccc(Nc2ncnc3sc(C)c(-c4ccccc4)c23)c1.Cl. The van der Waals surface area contributed by atoms with Crippen LogP contribution in [0.5, 0.6) is 0 Å². The summed E-state index contributed by atoms with van der Waals surface area (Å²) < 4.78 is 5.09. The Bertz CT molecular complexity index is 1150. The summed E-state index contributed by atoms with van der Waals surface area (Å²) in [5.74, 6) is 0.379. The van der Waals surface area contributed by atoms with E-state index in [1.165, 1.54) is 4.88 Å². The molecule has 2 heterocycles. The van der Waals surface area contributed by atoms with E-state index < -0.39 is 0 Å². The minimum Gasteiger partial charge on any atom is -0.462 e. The van der Waals surface area contributed by atoms with Crippen molar-refractivity contribution < 1.29 is 9.53 Å². The topological polar surface area (TPSA) is 64.1 Å². The molecular formula is C22H20ClN3O2S. The molecule has 29 heavy (non-hydrogen) atoms. The van der Waals surface area contributed by atoms with Crippen LogP contribution >= 0.6 is 23.7 Å². The van der Waals surface area contributed by atoms with Crippen LogP contribution in [0.3, 0.4) is 0 Å². The Morgan fingerprint density at radius 2 is 1.90 bits per heavy atom. The van der Waals surface area contributed by atoms with Crippen molar-refractivity contribution in [3.8, 4) is 11.1 Å². The van der Waals surface area contributed by atoms with Gasteiger partial charge in [-0.15, -0.1) is 23.7 Å². The van der Waals surface area contributed by atoms with Gasteiger partial charge >= 0.3 is 5.97 Å². The minimum absolute atomic E-state index is 0.